The molecule has 2 rings (SSSR count). The van der Waals surface area contributed by atoms with Crippen LogP contribution in [0.5, 0.6) is 0 Å². The highest BCUT2D eigenvalue weighted by Crippen LogP contribution is 2.24. The first kappa shape index (κ1) is 9.90. The molecule has 0 aliphatic rings. The third-order valence-corrected chi connectivity index (χ3v) is 2.43. The molecule has 0 aromatic carbocycles. The number of rotatable bonds is 0. The van der Waals surface area contributed by atoms with Gasteiger partial charge in [-0.1, -0.05) is 20.8 Å². The molecule has 2 heterocycles. The lowest BCUT2D eigenvalue weighted by Gasteiger charge is -2.18. The van der Waals surface area contributed by atoms with E-state index in [0.29, 0.717) is 11.5 Å². The first-order chi connectivity index (χ1) is 6.97. The summed E-state index contributed by atoms with van der Waals surface area (Å²) in [6, 6.07) is 5.88. The molecule has 0 saturated heterocycles. The predicted octanol–water partition coefficient (Wildman–Crippen LogP) is 2.51. The molecule has 0 atom stereocenters. The second-order valence-corrected chi connectivity index (χ2v) is 4.76. The van der Waals surface area contributed by atoms with Gasteiger partial charge in [0, 0.05) is 11.6 Å². The molecule has 0 fully saturated rings. The lowest BCUT2D eigenvalue weighted by atomic mass is 9.88. The minimum atomic E-state index is 0.114. The Bertz CT molecular complexity index is 498. The van der Waals surface area contributed by atoms with Crippen LogP contribution >= 0.6 is 0 Å². The highest BCUT2D eigenvalue weighted by atomic mass is 14.9. The molecule has 15 heavy (non-hydrogen) atoms. The Balaban J connectivity index is 2.62. The first-order valence-corrected chi connectivity index (χ1v) is 4.99. The van der Waals surface area contributed by atoms with Crippen LogP contribution in [-0.4, -0.2) is 9.97 Å². The third-order valence-electron chi connectivity index (χ3n) is 2.43. The van der Waals surface area contributed by atoms with Crippen LogP contribution in [0.15, 0.2) is 24.4 Å². The van der Waals surface area contributed by atoms with E-state index in [0.717, 1.165) is 5.39 Å². The van der Waals surface area contributed by atoms with Crippen molar-refractivity contribution in [2.75, 3.05) is 5.73 Å². The Morgan fingerprint density at radius 2 is 1.93 bits per heavy atom. The molecule has 0 aliphatic heterocycles. The van der Waals surface area contributed by atoms with Crippen molar-refractivity contribution in [3.63, 3.8) is 0 Å². The Kier molecular flexibility index (Phi) is 2.11. The second kappa shape index (κ2) is 3.19. The molecule has 2 aromatic rings. The fourth-order valence-corrected chi connectivity index (χ4v) is 1.44. The quantitative estimate of drug-likeness (QED) is 0.712. The van der Waals surface area contributed by atoms with Gasteiger partial charge in [-0.05, 0) is 29.2 Å². The maximum absolute atomic E-state index is 5.60. The maximum Gasteiger partial charge on any atom is 0.161 e. The smallest absolute Gasteiger partial charge is 0.161 e. The van der Waals surface area contributed by atoms with Crippen molar-refractivity contribution >= 4 is 16.9 Å². The van der Waals surface area contributed by atoms with E-state index < -0.39 is 0 Å². The Hall–Kier alpha value is -1.64. The molecule has 0 spiro atoms. The number of hydrogen-bond acceptors (Lipinski definition) is 3. The Labute approximate surface area is 89.4 Å². The van der Waals surface area contributed by atoms with E-state index in [1.807, 2.05) is 12.3 Å². The van der Waals surface area contributed by atoms with E-state index >= 15 is 0 Å². The van der Waals surface area contributed by atoms with Crippen LogP contribution in [0.25, 0.3) is 11.0 Å². The molecule has 3 nitrogen and oxygen atoms in total. The Morgan fingerprint density at radius 3 is 2.60 bits per heavy atom. The van der Waals surface area contributed by atoms with E-state index in [1.165, 1.54) is 5.56 Å². The molecule has 2 N–H and O–H groups in total. The van der Waals surface area contributed by atoms with Gasteiger partial charge in [-0.15, -0.1) is 0 Å². The van der Waals surface area contributed by atoms with Gasteiger partial charge < -0.3 is 5.73 Å². The highest BCUT2D eigenvalue weighted by molar-refractivity contribution is 5.76. The number of fused-ring (bicyclic) bond motifs is 1. The van der Waals surface area contributed by atoms with E-state index in [4.69, 9.17) is 5.73 Å². The number of aromatic nitrogens is 2. The minimum Gasteiger partial charge on any atom is -0.384 e. The monoisotopic (exact) mass is 201 g/mol. The summed E-state index contributed by atoms with van der Waals surface area (Å²) >= 11 is 0. The molecule has 0 aliphatic carbocycles. The Morgan fingerprint density at radius 1 is 1.20 bits per heavy atom. The van der Waals surface area contributed by atoms with Crippen LogP contribution in [-0.2, 0) is 5.41 Å². The average molecular weight is 201 g/mol. The van der Waals surface area contributed by atoms with Crippen molar-refractivity contribution in [2.24, 2.45) is 0 Å². The molecule has 0 bridgehead atoms. The van der Waals surface area contributed by atoms with E-state index in [9.17, 15) is 0 Å². The number of nitrogens with zero attached hydrogens (tertiary/aromatic N) is 2. The van der Waals surface area contributed by atoms with Gasteiger partial charge in [0.05, 0.1) is 0 Å². The van der Waals surface area contributed by atoms with E-state index in [1.54, 1.807) is 6.07 Å². The first-order valence-electron chi connectivity index (χ1n) is 4.99. The van der Waals surface area contributed by atoms with Gasteiger partial charge in [0.25, 0.3) is 0 Å². The van der Waals surface area contributed by atoms with Crippen molar-refractivity contribution in [1.82, 2.24) is 9.97 Å². The fourth-order valence-electron chi connectivity index (χ4n) is 1.44. The lowest BCUT2D eigenvalue weighted by molar-refractivity contribution is 0.588. The minimum absolute atomic E-state index is 0.114. The van der Waals surface area contributed by atoms with Crippen molar-refractivity contribution in [1.29, 1.82) is 0 Å². The molecule has 3 heteroatoms. The van der Waals surface area contributed by atoms with Crippen LogP contribution in [0, 0.1) is 0 Å². The molecule has 0 saturated carbocycles. The fraction of sp³-hybridized carbons (Fsp3) is 0.333. The predicted molar refractivity (Wildman–Crippen MR) is 62.7 cm³/mol. The van der Waals surface area contributed by atoms with Crippen molar-refractivity contribution in [3.8, 4) is 0 Å². The molecule has 0 amide bonds. The molecular weight excluding hydrogens is 186 g/mol. The molecule has 0 radical (unpaired) electrons. The summed E-state index contributed by atoms with van der Waals surface area (Å²) in [5.74, 6) is 0.513. The summed E-state index contributed by atoms with van der Waals surface area (Å²) in [7, 11) is 0. The zero-order valence-electron chi connectivity index (χ0n) is 9.28. The lowest BCUT2D eigenvalue weighted by Crippen LogP contribution is -2.11. The van der Waals surface area contributed by atoms with Crippen molar-refractivity contribution < 1.29 is 0 Å². The number of nitrogens with two attached hydrogens (primary N) is 1. The van der Waals surface area contributed by atoms with Crippen LogP contribution in [0.2, 0.25) is 0 Å². The van der Waals surface area contributed by atoms with Crippen LogP contribution < -0.4 is 5.73 Å². The number of anilines is 1. The van der Waals surface area contributed by atoms with Gasteiger partial charge in [-0.25, -0.2) is 9.97 Å². The maximum atomic E-state index is 5.60. The third kappa shape index (κ3) is 1.91. The van der Waals surface area contributed by atoms with Crippen LogP contribution in [0.3, 0.4) is 0 Å². The van der Waals surface area contributed by atoms with Gasteiger partial charge in [0.15, 0.2) is 5.65 Å². The normalized spacial score (nSPS) is 11.9. The van der Waals surface area contributed by atoms with Crippen LogP contribution in [0.1, 0.15) is 26.3 Å². The summed E-state index contributed by atoms with van der Waals surface area (Å²) in [5.41, 5.74) is 7.63. The SMILES string of the molecule is CC(C)(C)c1cnc2nc(N)ccc2c1. The van der Waals surface area contributed by atoms with Gasteiger partial charge in [-0.3, -0.25) is 0 Å². The van der Waals surface area contributed by atoms with Gasteiger partial charge >= 0.3 is 0 Å². The van der Waals surface area contributed by atoms with Crippen molar-refractivity contribution in [3.05, 3.63) is 30.0 Å². The van der Waals surface area contributed by atoms with Gasteiger partial charge in [0.1, 0.15) is 5.82 Å². The summed E-state index contributed by atoms with van der Waals surface area (Å²) in [4.78, 5) is 8.48. The average Bonchev–Trinajstić information content (AvgIpc) is 2.15. The standard InChI is InChI=1S/C12H15N3/c1-12(2,3)9-6-8-4-5-10(13)15-11(8)14-7-9/h4-7H,1-3H3,(H2,13,14,15). The van der Waals surface area contributed by atoms with Crippen molar-refractivity contribution in [2.45, 2.75) is 26.2 Å². The summed E-state index contributed by atoms with van der Waals surface area (Å²) in [6.45, 7) is 6.50. The van der Waals surface area contributed by atoms with E-state index in [-0.39, 0.29) is 5.41 Å². The summed E-state index contributed by atoms with van der Waals surface area (Å²) in [5, 5.41) is 1.04. The summed E-state index contributed by atoms with van der Waals surface area (Å²) < 4.78 is 0. The zero-order chi connectivity index (χ0) is 11.1. The number of pyridine rings is 2. The highest BCUT2D eigenvalue weighted by Gasteiger charge is 2.14. The number of nitrogen functional groups attached to an aromatic ring is 1. The van der Waals surface area contributed by atoms with Crippen LogP contribution in [0.4, 0.5) is 5.82 Å². The molecule has 2 aromatic heterocycles. The zero-order valence-corrected chi connectivity index (χ0v) is 9.28. The van der Waals surface area contributed by atoms with Gasteiger partial charge in [0.2, 0.25) is 0 Å². The second-order valence-electron chi connectivity index (χ2n) is 4.76. The molecular formula is C12H15N3. The van der Waals surface area contributed by atoms with Gasteiger partial charge in [-0.2, -0.15) is 0 Å². The molecule has 0 unspecified atom stereocenters. The topological polar surface area (TPSA) is 51.8 Å². The number of hydrogen-bond donors (Lipinski definition) is 1. The van der Waals surface area contributed by atoms with E-state index in [2.05, 4.69) is 36.8 Å². The summed E-state index contributed by atoms with van der Waals surface area (Å²) in [6.07, 6.45) is 1.87. The molecule has 78 valence electrons. The largest absolute Gasteiger partial charge is 0.384 e.